The number of phenols is 1. The van der Waals surface area contributed by atoms with E-state index < -0.39 is 0 Å². The number of amides is 1. The first kappa shape index (κ1) is 12.5. The van der Waals surface area contributed by atoms with Gasteiger partial charge in [0, 0.05) is 12.2 Å². The number of hydrogen-bond acceptors (Lipinski definition) is 3. The first-order valence-electron chi connectivity index (χ1n) is 6.66. The van der Waals surface area contributed by atoms with Gasteiger partial charge >= 0.3 is 0 Å². The molecule has 102 valence electrons. The Kier molecular flexibility index (Phi) is 3.06. The summed E-state index contributed by atoms with van der Waals surface area (Å²) in [7, 11) is 0. The van der Waals surface area contributed by atoms with Gasteiger partial charge in [0.1, 0.15) is 11.9 Å². The van der Waals surface area contributed by atoms with Crippen molar-refractivity contribution in [3.63, 3.8) is 0 Å². The summed E-state index contributed by atoms with van der Waals surface area (Å²) in [5, 5.41) is 12.8. The van der Waals surface area contributed by atoms with E-state index in [9.17, 15) is 9.90 Å². The van der Waals surface area contributed by atoms with E-state index in [-0.39, 0.29) is 17.8 Å². The molecule has 0 saturated heterocycles. The largest absolute Gasteiger partial charge is 0.508 e. The molecule has 1 aliphatic heterocycles. The number of fused-ring (bicyclic) bond motifs is 1. The van der Waals surface area contributed by atoms with Crippen LogP contribution in [0, 0.1) is 0 Å². The van der Waals surface area contributed by atoms with Crippen molar-refractivity contribution in [3.8, 4) is 5.75 Å². The van der Waals surface area contributed by atoms with Gasteiger partial charge in [-0.25, -0.2) is 0 Å². The molecule has 3 rings (SSSR count). The van der Waals surface area contributed by atoms with Gasteiger partial charge in [-0.3, -0.25) is 4.79 Å². The van der Waals surface area contributed by atoms with E-state index in [0.29, 0.717) is 12.1 Å². The van der Waals surface area contributed by atoms with Gasteiger partial charge in [0.25, 0.3) is 5.91 Å². The smallest absolute Gasteiger partial charge is 0.257 e. The van der Waals surface area contributed by atoms with E-state index in [4.69, 9.17) is 0 Å². The summed E-state index contributed by atoms with van der Waals surface area (Å²) in [6.07, 6.45) is -0.206. The maximum atomic E-state index is 12.5. The van der Waals surface area contributed by atoms with Crippen LogP contribution in [0.5, 0.6) is 5.75 Å². The molecular weight excluding hydrogens is 252 g/mol. The second-order valence-electron chi connectivity index (χ2n) is 4.78. The van der Waals surface area contributed by atoms with Crippen LogP contribution in [0.25, 0.3) is 0 Å². The number of carbonyl (C=O) groups excluding carboxylic acids is 1. The number of benzene rings is 2. The summed E-state index contributed by atoms with van der Waals surface area (Å²) in [6.45, 7) is 2.58. The number of aromatic hydroxyl groups is 1. The van der Waals surface area contributed by atoms with Crippen molar-refractivity contribution in [1.82, 2.24) is 4.90 Å². The molecule has 0 fully saturated rings. The Morgan fingerprint density at radius 1 is 1.15 bits per heavy atom. The van der Waals surface area contributed by atoms with Crippen molar-refractivity contribution in [3.05, 3.63) is 59.7 Å². The molecule has 0 bridgehead atoms. The Labute approximate surface area is 117 Å². The first-order valence-corrected chi connectivity index (χ1v) is 6.66. The number of rotatable bonds is 2. The molecule has 1 aliphatic rings. The minimum Gasteiger partial charge on any atom is -0.508 e. The van der Waals surface area contributed by atoms with Crippen LogP contribution < -0.4 is 5.32 Å². The predicted octanol–water partition coefficient (Wildman–Crippen LogP) is 2.98. The number of hydrogen-bond donors (Lipinski definition) is 2. The summed E-state index contributed by atoms with van der Waals surface area (Å²) in [5.74, 6) is 0.249. The molecule has 0 saturated carbocycles. The van der Waals surface area contributed by atoms with Gasteiger partial charge in [0.15, 0.2) is 0 Å². The fourth-order valence-corrected chi connectivity index (χ4v) is 2.54. The third-order valence-corrected chi connectivity index (χ3v) is 3.57. The standard InChI is InChI=1S/C16H16N2O2/c1-2-18-15(11-7-9-12(19)10-8-11)17-14-6-4-3-5-13(14)16(18)20/h3-10,15,17,19H,2H2,1H3. The number of anilines is 1. The summed E-state index contributed by atoms with van der Waals surface area (Å²) in [6, 6.07) is 14.5. The molecule has 1 amide bonds. The highest BCUT2D eigenvalue weighted by Crippen LogP contribution is 2.33. The number of para-hydroxylation sites is 1. The maximum Gasteiger partial charge on any atom is 0.257 e. The van der Waals surface area contributed by atoms with Gasteiger partial charge in [0.2, 0.25) is 0 Å². The minimum atomic E-state index is -0.206. The molecule has 2 aromatic carbocycles. The number of nitrogens with zero attached hydrogens (tertiary/aromatic N) is 1. The van der Waals surface area contributed by atoms with E-state index in [0.717, 1.165) is 11.3 Å². The van der Waals surface area contributed by atoms with Crippen LogP contribution in [0.15, 0.2) is 48.5 Å². The van der Waals surface area contributed by atoms with Crippen molar-refractivity contribution < 1.29 is 9.90 Å². The normalized spacial score (nSPS) is 17.6. The molecule has 1 heterocycles. The molecule has 2 aromatic rings. The minimum absolute atomic E-state index is 0.0277. The molecular formula is C16H16N2O2. The van der Waals surface area contributed by atoms with Gasteiger partial charge in [-0.2, -0.15) is 0 Å². The SMILES string of the molecule is CCN1C(=O)c2ccccc2NC1c1ccc(O)cc1. The second kappa shape index (κ2) is 4.89. The summed E-state index contributed by atoms with van der Waals surface area (Å²) < 4.78 is 0. The summed E-state index contributed by atoms with van der Waals surface area (Å²) in [5.41, 5.74) is 2.50. The third kappa shape index (κ3) is 1.99. The number of carbonyl (C=O) groups is 1. The number of nitrogens with one attached hydrogen (secondary N) is 1. The van der Waals surface area contributed by atoms with Gasteiger partial charge in [0.05, 0.1) is 5.56 Å². The van der Waals surface area contributed by atoms with Crippen molar-refractivity contribution in [2.24, 2.45) is 0 Å². The third-order valence-electron chi connectivity index (χ3n) is 3.57. The van der Waals surface area contributed by atoms with E-state index in [1.807, 2.05) is 43.3 Å². The zero-order valence-electron chi connectivity index (χ0n) is 11.2. The first-order chi connectivity index (χ1) is 9.70. The lowest BCUT2D eigenvalue weighted by Gasteiger charge is -2.37. The highest BCUT2D eigenvalue weighted by atomic mass is 16.3. The van der Waals surface area contributed by atoms with Crippen LogP contribution in [0.4, 0.5) is 5.69 Å². The molecule has 20 heavy (non-hydrogen) atoms. The van der Waals surface area contributed by atoms with Crippen LogP contribution in [0.1, 0.15) is 29.0 Å². The van der Waals surface area contributed by atoms with Crippen molar-refractivity contribution in [1.29, 1.82) is 0 Å². The van der Waals surface area contributed by atoms with E-state index in [1.54, 1.807) is 17.0 Å². The number of phenolic OH excluding ortho intramolecular Hbond substituents is 1. The molecule has 0 aromatic heterocycles. The second-order valence-corrected chi connectivity index (χ2v) is 4.78. The molecule has 0 radical (unpaired) electrons. The van der Waals surface area contributed by atoms with Gasteiger partial charge in [-0.05, 0) is 36.8 Å². The predicted molar refractivity (Wildman–Crippen MR) is 77.6 cm³/mol. The zero-order chi connectivity index (χ0) is 14.1. The molecule has 4 heteroatoms. The maximum absolute atomic E-state index is 12.5. The summed E-state index contributed by atoms with van der Waals surface area (Å²) >= 11 is 0. The van der Waals surface area contributed by atoms with Crippen LogP contribution >= 0.6 is 0 Å². The Morgan fingerprint density at radius 2 is 1.85 bits per heavy atom. The van der Waals surface area contributed by atoms with Crippen LogP contribution in [-0.2, 0) is 0 Å². The average Bonchev–Trinajstić information content (AvgIpc) is 2.48. The van der Waals surface area contributed by atoms with Gasteiger partial charge in [-0.1, -0.05) is 24.3 Å². The molecule has 0 spiro atoms. The Hall–Kier alpha value is -2.49. The molecule has 1 atom stereocenters. The lowest BCUT2D eigenvalue weighted by molar-refractivity contribution is 0.0695. The lowest BCUT2D eigenvalue weighted by Crippen LogP contribution is -2.42. The Bertz CT molecular complexity index is 637. The van der Waals surface area contributed by atoms with Crippen LogP contribution in [-0.4, -0.2) is 22.5 Å². The van der Waals surface area contributed by atoms with Crippen molar-refractivity contribution in [2.75, 3.05) is 11.9 Å². The monoisotopic (exact) mass is 268 g/mol. The van der Waals surface area contributed by atoms with E-state index in [2.05, 4.69) is 5.32 Å². The van der Waals surface area contributed by atoms with Gasteiger partial charge in [-0.15, -0.1) is 0 Å². The molecule has 4 nitrogen and oxygen atoms in total. The fourth-order valence-electron chi connectivity index (χ4n) is 2.54. The quantitative estimate of drug-likeness (QED) is 0.880. The van der Waals surface area contributed by atoms with Crippen LogP contribution in [0.3, 0.4) is 0 Å². The van der Waals surface area contributed by atoms with Crippen molar-refractivity contribution in [2.45, 2.75) is 13.1 Å². The summed E-state index contributed by atoms with van der Waals surface area (Å²) in [4.78, 5) is 14.3. The fraction of sp³-hybridized carbons (Fsp3) is 0.188. The van der Waals surface area contributed by atoms with E-state index >= 15 is 0 Å². The molecule has 2 N–H and O–H groups in total. The zero-order valence-corrected chi connectivity index (χ0v) is 11.2. The molecule has 0 aliphatic carbocycles. The van der Waals surface area contributed by atoms with Crippen molar-refractivity contribution >= 4 is 11.6 Å². The lowest BCUT2D eigenvalue weighted by atomic mass is 10.0. The average molecular weight is 268 g/mol. The van der Waals surface area contributed by atoms with E-state index in [1.165, 1.54) is 0 Å². The highest BCUT2D eigenvalue weighted by Gasteiger charge is 2.31. The van der Waals surface area contributed by atoms with Crippen LogP contribution in [0.2, 0.25) is 0 Å². The Balaban J connectivity index is 2.03. The Morgan fingerprint density at radius 3 is 2.55 bits per heavy atom. The highest BCUT2D eigenvalue weighted by molar-refractivity contribution is 6.01. The topological polar surface area (TPSA) is 52.6 Å². The molecule has 1 unspecified atom stereocenters. The van der Waals surface area contributed by atoms with Gasteiger partial charge < -0.3 is 15.3 Å².